The third-order valence-electron chi connectivity index (χ3n) is 3.71. The molecule has 25 heavy (non-hydrogen) atoms. The fraction of sp³-hybridized carbons (Fsp3) is 0.263. The Morgan fingerprint density at radius 3 is 2.40 bits per heavy atom. The molecule has 4 N–H and O–H groups in total. The number of nitrogen functional groups attached to an aromatic ring is 1. The maximum atomic E-state index is 11.9. The van der Waals surface area contributed by atoms with Gasteiger partial charge < -0.3 is 16.4 Å². The number of halogens is 1. The van der Waals surface area contributed by atoms with Crippen LogP contribution in [-0.4, -0.2) is 18.4 Å². The Kier molecular flexibility index (Phi) is 7.29. The molecule has 0 saturated heterocycles. The molecule has 2 rings (SSSR count). The summed E-state index contributed by atoms with van der Waals surface area (Å²) in [4.78, 5) is 23.8. The van der Waals surface area contributed by atoms with Crippen molar-refractivity contribution < 1.29 is 9.59 Å². The number of unbranched alkanes of at least 4 members (excludes halogenated alkanes) is 2. The average molecular weight is 360 g/mol. The number of hydrogen-bond acceptors (Lipinski definition) is 3. The number of nitrogens with one attached hydrogen (secondary N) is 2. The normalized spacial score (nSPS) is 10.3. The Labute approximate surface area is 152 Å². The van der Waals surface area contributed by atoms with Crippen molar-refractivity contribution in [2.24, 2.45) is 0 Å². The second kappa shape index (κ2) is 9.69. The number of amides is 2. The van der Waals surface area contributed by atoms with Gasteiger partial charge in [-0.15, -0.1) is 0 Å². The fourth-order valence-electron chi connectivity index (χ4n) is 2.32. The van der Waals surface area contributed by atoms with Crippen molar-refractivity contribution in [3.63, 3.8) is 0 Å². The van der Waals surface area contributed by atoms with Crippen LogP contribution in [0.25, 0.3) is 0 Å². The number of hydrogen-bond donors (Lipinski definition) is 3. The van der Waals surface area contributed by atoms with Crippen molar-refractivity contribution in [3.8, 4) is 0 Å². The largest absolute Gasteiger partial charge is 0.397 e. The number of carbonyl (C=O) groups excluding carboxylic acids is 2. The molecule has 0 saturated carbocycles. The Morgan fingerprint density at radius 1 is 0.960 bits per heavy atom. The maximum Gasteiger partial charge on any atom is 0.251 e. The predicted molar refractivity (Wildman–Crippen MR) is 102 cm³/mol. The van der Waals surface area contributed by atoms with Gasteiger partial charge in [-0.05, 0) is 49.2 Å². The van der Waals surface area contributed by atoms with Crippen LogP contribution in [0.15, 0.2) is 48.5 Å². The van der Waals surface area contributed by atoms with E-state index in [9.17, 15) is 9.59 Å². The van der Waals surface area contributed by atoms with Crippen molar-refractivity contribution >= 4 is 34.8 Å². The zero-order valence-electron chi connectivity index (χ0n) is 13.9. The van der Waals surface area contributed by atoms with Gasteiger partial charge in [0, 0.05) is 23.6 Å². The van der Waals surface area contributed by atoms with E-state index in [2.05, 4.69) is 10.6 Å². The van der Waals surface area contributed by atoms with E-state index in [1.54, 1.807) is 36.4 Å². The number of carbonyl (C=O) groups is 2. The van der Waals surface area contributed by atoms with Crippen LogP contribution >= 0.6 is 11.6 Å². The lowest BCUT2D eigenvalue weighted by Crippen LogP contribution is -2.24. The summed E-state index contributed by atoms with van der Waals surface area (Å²) in [5, 5.41) is 6.26. The van der Waals surface area contributed by atoms with Gasteiger partial charge in [-0.2, -0.15) is 0 Å². The molecule has 2 aromatic carbocycles. The molecule has 132 valence electrons. The molecule has 0 radical (unpaired) electrons. The van der Waals surface area contributed by atoms with Crippen molar-refractivity contribution in [2.75, 3.05) is 17.6 Å². The molecule has 0 aromatic heterocycles. The molecule has 0 aliphatic carbocycles. The topological polar surface area (TPSA) is 84.2 Å². The first-order chi connectivity index (χ1) is 12.1. The first-order valence-corrected chi connectivity index (χ1v) is 8.62. The van der Waals surface area contributed by atoms with Crippen LogP contribution in [0.2, 0.25) is 5.02 Å². The molecule has 5 nitrogen and oxygen atoms in total. The predicted octanol–water partition coefficient (Wildman–Crippen LogP) is 3.85. The third kappa shape index (κ3) is 6.47. The highest BCUT2D eigenvalue weighted by atomic mass is 35.5. The van der Waals surface area contributed by atoms with Crippen LogP contribution in [0, 0.1) is 0 Å². The van der Waals surface area contributed by atoms with E-state index in [0.29, 0.717) is 34.9 Å². The minimum Gasteiger partial charge on any atom is -0.397 e. The van der Waals surface area contributed by atoms with E-state index in [4.69, 9.17) is 17.3 Å². The number of nitrogens with two attached hydrogens (primary N) is 1. The Bertz CT molecular complexity index is 717. The first-order valence-electron chi connectivity index (χ1n) is 8.24. The fourth-order valence-corrected chi connectivity index (χ4v) is 2.44. The summed E-state index contributed by atoms with van der Waals surface area (Å²) in [6, 6.07) is 13.9. The second-order valence-corrected chi connectivity index (χ2v) is 6.15. The molecular weight excluding hydrogens is 338 g/mol. The van der Waals surface area contributed by atoms with Crippen LogP contribution in [0.1, 0.15) is 36.0 Å². The zero-order valence-corrected chi connectivity index (χ0v) is 14.7. The van der Waals surface area contributed by atoms with E-state index in [0.717, 1.165) is 19.3 Å². The molecule has 0 aliphatic rings. The Hall–Kier alpha value is -2.53. The quantitative estimate of drug-likeness (QED) is 0.494. The monoisotopic (exact) mass is 359 g/mol. The highest BCUT2D eigenvalue weighted by Crippen LogP contribution is 2.17. The van der Waals surface area contributed by atoms with Gasteiger partial charge in [0.05, 0.1) is 11.4 Å². The second-order valence-electron chi connectivity index (χ2n) is 5.71. The summed E-state index contributed by atoms with van der Waals surface area (Å²) in [5.41, 5.74) is 7.57. The maximum absolute atomic E-state index is 11.9. The lowest BCUT2D eigenvalue weighted by molar-refractivity contribution is -0.116. The summed E-state index contributed by atoms with van der Waals surface area (Å²) in [7, 11) is 0. The minimum atomic E-state index is -0.117. The van der Waals surface area contributed by atoms with Crippen LogP contribution in [0.3, 0.4) is 0 Å². The summed E-state index contributed by atoms with van der Waals surface area (Å²) in [6.07, 6.45) is 2.87. The summed E-state index contributed by atoms with van der Waals surface area (Å²) in [5.74, 6) is -0.169. The Morgan fingerprint density at radius 2 is 1.68 bits per heavy atom. The number of benzene rings is 2. The molecule has 2 amide bonds. The van der Waals surface area contributed by atoms with E-state index in [1.807, 2.05) is 12.1 Å². The number of para-hydroxylation sites is 2. The van der Waals surface area contributed by atoms with Gasteiger partial charge in [-0.1, -0.05) is 30.2 Å². The third-order valence-corrected chi connectivity index (χ3v) is 3.96. The van der Waals surface area contributed by atoms with Crippen molar-refractivity contribution in [1.82, 2.24) is 5.32 Å². The van der Waals surface area contributed by atoms with Gasteiger partial charge in [0.1, 0.15) is 0 Å². The molecule has 0 bridgehead atoms. The zero-order chi connectivity index (χ0) is 18.1. The molecule has 0 spiro atoms. The summed E-state index contributed by atoms with van der Waals surface area (Å²) >= 11 is 5.79. The van der Waals surface area contributed by atoms with Gasteiger partial charge in [-0.3, -0.25) is 9.59 Å². The minimum absolute atomic E-state index is 0.0527. The standard InChI is InChI=1S/C19H22ClN3O2/c20-15-11-9-14(10-12-15)19(25)22-13-5-1-2-8-18(24)23-17-7-4-3-6-16(17)21/h3-4,6-7,9-12H,1-2,5,8,13,21H2,(H,22,25)(H,23,24). The average Bonchev–Trinajstić information content (AvgIpc) is 2.60. The van der Waals surface area contributed by atoms with Gasteiger partial charge >= 0.3 is 0 Å². The first kappa shape index (κ1) is 18.8. The smallest absolute Gasteiger partial charge is 0.251 e. The molecule has 0 fully saturated rings. The highest BCUT2D eigenvalue weighted by Gasteiger charge is 2.06. The van der Waals surface area contributed by atoms with Crippen molar-refractivity contribution in [1.29, 1.82) is 0 Å². The molecule has 2 aromatic rings. The van der Waals surface area contributed by atoms with Gasteiger partial charge in [0.25, 0.3) is 5.91 Å². The lowest BCUT2D eigenvalue weighted by atomic mass is 10.1. The Balaban J connectivity index is 1.58. The van der Waals surface area contributed by atoms with Crippen LogP contribution in [0.4, 0.5) is 11.4 Å². The van der Waals surface area contributed by atoms with Gasteiger partial charge in [-0.25, -0.2) is 0 Å². The van der Waals surface area contributed by atoms with E-state index in [1.165, 1.54) is 0 Å². The molecule has 0 atom stereocenters. The van der Waals surface area contributed by atoms with Crippen molar-refractivity contribution in [2.45, 2.75) is 25.7 Å². The molecular formula is C19H22ClN3O2. The molecule has 6 heteroatoms. The highest BCUT2D eigenvalue weighted by molar-refractivity contribution is 6.30. The van der Waals surface area contributed by atoms with E-state index in [-0.39, 0.29) is 11.8 Å². The van der Waals surface area contributed by atoms with Crippen LogP contribution in [0.5, 0.6) is 0 Å². The van der Waals surface area contributed by atoms with Crippen LogP contribution < -0.4 is 16.4 Å². The van der Waals surface area contributed by atoms with Crippen molar-refractivity contribution in [3.05, 3.63) is 59.1 Å². The molecule has 0 heterocycles. The number of rotatable bonds is 8. The lowest BCUT2D eigenvalue weighted by Gasteiger charge is -2.08. The summed E-state index contributed by atoms with van der Waals surface area (Å²) < 4.78 is 0. The molecule has 0 aliphatic heterocycles. The van der Waals surface area contributed by atoms with E-state index >= 15 is 0 Å². The van der Waals surface area contributed by atoms with Gasteiger partial charge in [0.2, 0.25) is 5.91 Å². The SMILES string of the molecule is Nc1ccccc1NC(=O)CCCCCNC(=O)c1ccc(Cl)cc1. The van der Waals surface area contributed by atoms with E-state index < -0.39 is 0 Å². The number of anilines is 2. The van der Waals surface area contributed by atoms with Gasteiger partial charge in [0.15, 0.2) is 0 Å². The van der Waals surface area contributed by atoms with Crippen LogP contribution in [-0.2, 0) is 4.79 Å². The molecule has 0 unspecified atom stereocenters. The summed E-state index contributed by atoms with van der Waals surface area (Å²) in [6.45, 7) is 0.578.